The Kier molecular flexibility index (Phi) is 9.88. The molecule has 0 nitrogen and oxygen atoms in total. The molecule has 0 saturated carbocycles. The van der Waals surface area contributed by atoms with Gasteiger partial charge in [-0.25, -0.2) is 0 Å². The third-order valence-corrected chi connectivity index (χ3v) is 10.5. The maximum absolute atomic E-state index is 3.82. The quantitative estimate of drug-likeness (QED) is 0.139. The Morgan fingerprint density at radius 2 is 1.00 bits per heavy atom. The first-order valence-electron chi connectivity index (χ1n) is 12.7. The minimum Gasteiger partial charge on any atom is -0.128 e. The molecule has 0 fully saturated rings. The van der Waals surface area contributed by atoms with Gasteiger partial charge in [0.1, 0.15) is 0 Å². The van der Waals surface area contributed by atoms with Gasteiger partial charge in [0, 0.05) is 9.75 Å². The lowest BCUT2D eigenvalue weighted by Crippen LogP contribution is -1.84. The van der Waals surface area contributed by atoms with Gasteiger partial charge in [-0.05, 0) is 115 Å². The summed E-state index contributed by atoms with van der Waals surface area (Å²) in [6.45, 7) is 4.54. The minimum absolute atomic E-state index is 1.17. The van der Waals surface area contributed by atoms with Gasteiger partial charge in [0.2, 0.25) is 0 Å². The monoisotopic (exact) mass is 616 g/mol. The Morgan fingerprint density at radius 3 is 1.41 bits per heavy atom. The number of halogens is 2. The highest BCUT2D eigenvalue weighted by atomic mass is 79.9. The van der Waals surface area contributed by atoms with E-state index in [0.717, 1.165) is 0 Å². The lowest BCUT2D eigenvalue weighted by atomic mass is 10.0. The lowest BCUT2D eigenvalue weighted by molar-refractivity contribution is 0.667. The van der Waals surface area contributed by atoms with E-state index < -0.39 is 0 Å². The zero-order valence-corrected chi connectivity index (χ0v) is 25.1. The standard InChI is InChI=1S/C30H34Br2S2/c1-3-5-7-9-11-25-19-27(33-29(25)31)23-15-13-22-18-24(16-14-21(22)17-23)28-20-26(30(32)34-28)12-10-8-6-4-2/h13-20H,3-12H2,1-2H3. The Labute approximate surface area is 230 Å². The molecule has 2 heterocycles. The lowest BCUT2D eigenvalue weighted by Gasteiger charge is -2.05. The maximum Gasteiger partial charge on any atom is 0.0737 e. The number of hydrogen-bond acceptors (Lipinski definition) is 2. The summed E-state index contributed by atoms with van der Waals surface area (Å²) in [5, 5.41) is 2.62. The van der Waals surface area contributed by atoms with Gasteiger partial charge >= 0.3 is 0 Å². The highest BCUT2D eigenvalue weighted by Crippen LogP contribution is 2.39. The van der Waals surface area contributed by atoms with Crippen LogP contribution in [0.2, 0.25) is 0 Å². The number of unbranched alkanes of at least 4 members (excludes halogenated alkanes) is 6. The van der Waals surface area contributed by atoms with E-state index in [2.05, 4.69) is 94.2 Å². The molecule has 4 aromatic rings. The maximum atomic E-state index is 3.82. The molecule has 0 N–H and O–H groups in total. The van der Waals surface area contributed by atoms with Crippen molar-refractivity contribution in [1.82, 2.24) is 0 Å². The fourth-order valence-corrected chi connectivity index (χ4v) is 8.01. The molecular weight excluding hydrogens is 584 g/mol. The van der Waals surface area contributed by atoms with Gasteiger partial charge < -0.3 is 0 Å². The molecule has 2 aromatic heterocycles. The zero-order chi connectivity index (χ0) is 23.9. The fourth-order valence-electron chi connectivity index (χ4n) is 4.48. The molecule has 0 aliphatic rings. The van der Waals surface area contributed by atoms with E-state index >= 15 is 0 Å². The van der Waals surface area contributed by atoms with Crippen molar-refractivity contribution in [2.75, 3.05) is 0 Å². The van der Waals surface area contributed by atoms with Crippen LogP contribution in [0.3, 0.4) is 0 Å². The van der Waals surface area contributed by atoms with Crippen LogP contribution in [0.5, 0.6) is 0 Å². The van der Waals surface area contributed by atoms with Crippen molar-refractivity contribution in [3.63, 3.8) is 0 Å². The molecule has 0 saturated heterocycles. The Balaban J connectivity index is 1.50. The Hall–Kier alpha value is -0.940. The van der Waals surface area contributed by atoms with Crippen LogP contribution in [0.4, 0.5) is 0 Å². The first-order valence-corrected chi connectivity index (χ1v) is 15.9. The van der Waals surface area contributed by atoms with Crippen LogP contribution < -0.4 is 0 Å². The molecule has 4 rings (SSSR count). The molecule has 0 radical (unpaired) electrons. The van der Waals surface area contributed by atoms with E-state index in [1.54, 1.807) is 0 Å². The van der Waals surface area contributed by atoms with Crippen LogP contribution in [0.1, 0.15) is 76.3 Å². The van der Waals surface area contributed by atoms with Gasteiger partial charge in [-0.3, -0.25) is 0 Å². The molecule has 0 bridgehead atoms. The fraction of sp³-hybridized carbons (Fsp3) is 0.400. The van der Waals surface area contributed by atoms with E-state index in [0.29, 0.717) is 0 Å². The number of aryl methyl sites for hydroxylation is 2. The molecule has 4 heteroatoms. The third-order valence-electron chi connectivity index (χ3n) is 6.52. The summed E-state index contributed by atoms with van der Waals surface area (Å²) in [6, 6.07) is 18.6. The summed E-state index contributed by atoms with van der Waals surface area (Å²) < 4.78 is 2.59. The molecule has 0 amide bonds. The van der Waals surface area contributed by atoms with Gasteiger partial charge in [0.15, 0.2) is 0 Å². The van der Waals surface area contributed by atoms with Crippen LogP contribution in [0.15, 0.2) is 56.1 Å². The molecule has 180 valence electrons. The van der Waals surface area contributed by atoms with Crippen molar-refractivity contribution < 1.29 is 0 Å². The summed E-state index contributed by atoms with van der Waals surface area (Å²) >= 11 is 11.4. The molecule has 0 unspecified atom stereocenters. The van der Waals surface area contributed by atoms with E-state index in [4.69, 9.17) is 0 Å². The number of hydrogen-bond donors (Lipinski definition) is 0. The predicted molar refractivity (Wildman–Crippen MR) is 162 cm³/mol. The number of rotatable bonds is 12. The Morgan fingerprint density at radius 1 is 0.559 bits per heavy atom. The highest BCUT2D eigenvalue weighted by molar-refractivity contribution is 9.11. The van der Waals surface area contributed by atoms with Gasteiger partial charge in [-0.15, -0.1) is 22.7 Å². The van der Waals surface area contributed by atoms with Gasteiger partial charge in [0.05, 0.1) is 7.57 Å². The van der Waals surface area contributed by atoms with Gasteiger partial charge in [-0.2, -0.15) is 0 Å². The molecule has 2 aromatic carbocycles. The summed E-state index contributed by atoms with van der Waals surface area (Å²) in [6.07, 6.45) is 12.8. The van der Waals surface area contributed by atoms with E-state index in [9.17, 15) is 0 Å². The predicted octanol–water partition coefficient (Wildman–Crippen LogP) is 12.1. The van der Waals surface area contributed by atoms with E-state index in [-0.39, 0.29) is 0 Å². The molecule has 0 atom stereocenters. The van der Waals surface area contributed by atoms with Gasteiger partial charge in [0.25, 0.3) is 0 Å². The normalized spacial score (nSPS) is 11.5. The average Bonchev–Trinajstić information content (AvgIpc) is 3.41. The SMILES string of the molecule is CCCCCCc1cc(-c2ccc3cc(-c4cc(CCCCCC)c(Br)s4)ccc3c2)sc1Br. The van der Waals surface area contributed by atoms with Crippen LogP contribution in [-0.2, 0) is 12.8 Å². The van der Waals surface area contributed by atoms with Crippen molar-refractivity contribution in [2.24, 2.45) is 0 Å². The summed E-state index contributed by atoms with van der Waals surface area (Å²) in [5.41, 5.74) is 5.55. The van der Waals surface area contributed by atoms with E-state index in [1.807, 2.05) is 22.7 Å². The average molecular weight is 619 g/mol. The highest BCUT2D eigenvalue weighted by Gasteiger charge is 2.12. The summed E-state index contributed by atoms with van der Waals surface area (Å²) in [4.78, 5) is 2.72. The van der Waals surface area contributed by atoms with Crippen molar-refractivity contribution in [3.05, 3.63) is 67.2 Å². The third kappa shape index (κ3) is 6.63. The molecule has 0 spiro atoms. The largest absolute Gasteiger partial charge is 0.128 e. The van der Waals surface area contributed by atoms with E-state index in [1.165, 1.54) is 115 Å². The first kappa shape index (κ1) is 26.1. The molecule has 0 aliphatic carbocycles. The second kappa shape index (κ2) is 12.9. The second-order valence-electron chi connectivity index (χ2n) is 9.22. The van der Waals surface area contributed by atoms with Crippen molar-refractivity contribution in [1.29, 1.82) is 0 Å². The number of thiophene rings is 2. The zero-order valence-electron chi connectivity index (χ0n) is 20.3. The molecule has 34 heavy (non-hydrogen) atoms. The molecule has 0 aliphatic heterocycles. The topological polar surface area (TPSA) is 0 Å². The summed E-state index contributed by atoms with van der Waals surface area (Å²) in [7, 11) is 0. The number of benzene rings is 2. The van der Waals surface area contributed by atoms with Crippen LogP contribution in [-0.4, -0.2) is 0 Å². The second-order valence-corrected chi connectivity index (χ2v) is 14.0. The van der Waals surface area contributed by atoms with Crippen LogP contribution in [0.25, 0.3) is 31.7 Å². The number of fused-ring (bicyclic) bond motifs is 1. The summed E-state index contributed by atoms with van der Waals surface area (Å²) in [5.74, 6) is 0. The van der Waals surface area contributed by atoms with Crippen molar-refractivity contribution in [2.45, 2.75) is 78.1 Å². The van der Waals surface area contributed by atoms with Crippen LogP contribution >= 0.6 is 54.5 Å². The Bertz CT molecular complexity index is 1120. The smallest absolute Gasteiger partial charge is 0.0737 e. The van der Waals surface area contributed by atoms with Crippen molar-refractivity contribution >= 4 is 65.3 Å². The first-order chi connectivity index (χ1) is 16.6. The van der Waals surface area contributed by atoms with Crippen LogP contribution in [0, 0.1) is 0 Å². The van der Waals surface area contributed by atoms with Gasteiger partial charge in [-0.1, -0.05) is 76.6 Å². The molecular formula is C30H34Br2S2. The van der Waals surface area contributed by atoms with Crippen molar-refractivity contribution in [3.8, 4) is 20.9 Å². The minimum atomic E-state index is 1.17.